The molecule has 17 heavy (non-hydrogen) atoms. The molecule has 0 aliphatic carbocycles. The molecule has 1 atom stereocenters. The number of nitrogens with zero attached hydrogens (tertiary/aromatic N) is 1. The zero-order valence-corrected chi connectivity index (χ0v) is 10.7. The summed E-state index contributed by atoms with van der Waals surface area (Å²) in [7, 11) is 0. The molecular formula is C11H22N4O2. The summed E-state index contributed by atoms with van der Waals surface area (Å²) in [4.78, 5) is 25.0. The minimum absolute atomic E-state index is 0.0286. The molecule has 1 saturated heterocycles. The van der Waals surface area contributed by atoms with Crippen molar-refractivity contribution in [2.24, 2.45) is 0 Å². The van der Waals surface area contributed by atoms with Crippen molar-refractivity contribution in [3.8, 4) is 0 Å². The molecule has 1 aliphatic heterocycles. The molecule has 1 aliphatic rings. The van der Waals surface area contributed by atoms with Crippen molar-refractivity contribution in [1.82, 2.24) is 20.9 Å². The average Bonchev–Trinajstić information content (AvgIpc) is 2.19. The predicted molar refractivity (Wildman–Crippen MR) is 65.7 cm³/mol. The van der Waals surface area contributed by atoms with Gasteiger partial charge >= 0.3 is 6.03 Å². The lowest BCUT2D eigenvalue weighted by atomic mass is 10.2. The summed E-state index contributed by atoms with van der Waals surface area (Å²) in [5, 5.41) is 8.20. The third-order valence-electron chi connectivity index (χ3n) is 2.66. The van der Waals surface area contributed by atoms with Crippen LogP contribution in [0.25, 0.3) is 0 Å². The smallest absolute Gasteiger partial charge is 0.321 e. The Bertz CT molecular complexity index is 281. The Labute approximate surface area is 102 Å². The first-order valence-corrected chi connectivity index (χ1v) is 6.04. The summed E-state index contributed by atoms with van der Waals surface area (Å²) in [5.41, 5.74) is 0. The van der Waals surface area contributed by atoms with Crippen LogP contribution in [0.15, 0.2) is 0 Å². The zero-order chi connectivity index (χ0) is 12.8. The van der Waals surface area contributed by atoms with E-state index in [1.165, 1.54) is 0 Å². The number of hydrogen-bond acceptors (Lipinski definition) is 4. The van der Waals surface area contributed by atoms with Gasteiger partial charge in [0.1, 0.15) is 0 Å². The summed E-state index contributed by atoms with van der Waals surface area (Å²) in [6.45, 7) is 8.63. The third-order valence-corrected chi connectivity index (χ3v) is 2.66. The summed E-state index contributed by atoms with van der Waals surface area (Å²) < 4.78 is 0. The molecule has 6 nitrogen and oxygen atoms in total. The van der Waals surface area contributed by atoms with Gasteiger partial charge in [-0.2, -0.15) is 0 Å². The van der Waals surface area contributed by atoms with Gasteiger partial charge in [-0.05, 0) is 20.8 Å². The van der Waals surface area contributed by atoms with Gasteiger partial charge in [0.25, 0.3) is 0 Å². The number of piperazine rings is 1. The molecule has 0 aromatic carbocycles. The zero-order valence-electron chi connectivity index (χ0n) is 10.7. The Morgan fingerprint density at radius 1 is 1.47 bits per heavy atom. The van der Waals surface area contributed by atoms with Crippen LogP contribution < -0.4 is 16.0 Å². The van der Waals surface area contributed by atoms with Crippen LogP contribution in [0.2, 0.25) is 0 Å². The van der Waals surface area contributed by atoms with E-state index in [2.05, 4.69) is 27.8 Å². The normalized spacial score (nSPS) is 21.3. The van der Waals surface area contributed by atoms with E-state index >= 15 is 0 Å². The molecule has 0 spiro atoms. The minimum atomic E-state index is -0.423. The molecule has 6 heteroatoms. The van der Waals surface area contributed by atoms with Crippen molar-refractivity contribution in [3.05, 3.63) is 0 Å². The molecule has 1 unspecified atom stereocenters. The summed E-state index contributed by atoms with van der Waals surface area (Å²) in [5.74, 6) is -0.253. The molecule has 1 heterocycles. The number of amides is 3. The Balaban J connectivity index is 2.30. The van der Waals surface area contributed by atoms with Crippen LogP contribution in [-0.4, -0.2) is 55.1 Å². The molecule has 0 bridgehead atoms. The first kappa shape index (κ1) is 13.9. The summed E-state index contributed by atoms with van der Waals surface area (Å²) in [6.07, 6.45) is 0. The molecule has 3 N–H and O–H groups in total. The lowest BCUT2D eigenvalue weighted by Crippen LogP contribution is -2.54. The van der Waals surface area contributed by atoms with E-state index in [9.17, 15) is 9.59 Å². The largest absolute Gasteiger partial charge is 0.336 e. The first-order valence-electron chi connectivity index (χ1n) is 6.04. The maximum absolute atomic E-state index is 11.6. The summed E-state index contributed by atoms with van der Waals surface area (Å²) >= 11 is 0. The van der Waals surface area contributed by atoms with Crippen LogP contribution in [0.4, 0.5) is 4.79 Å². The van der Waals surface area contributed by atoms with E-state index in [4.69, 9.17) is 0 Å². The van der Waals surface area contributed by atoms with Gasteiger partial charge in [-0.25, -0.2) is 4.79 Å². The Hall–Kier alpha value is -1.14. The highest BCUT2D eigenvalue weighted by molar-refractivity contribution is 5.95. The molecule has 1 fully saturated rings. The van der Waals surface area contributed by atoms with E-state index in [1.807, 2.05) is 13.8 Å². The number of imide groups is 1. The molecular weight excluding hydrogens is 220 g/mol. The van der Waals surface area contributed by atoms with E-state index in [0.717, 1.165) is 19.6 Å². The highest BCUT2D eigenvalue weighted by Gasteiger charge is 2.20. The molecule has 98 valence electrons. The molecule has 1 rings (SSSR count). The second kappa shape index (κ2) is 6.56. The number of hydrogen-bond donors (Lipinski definition) is 3. The number of urea groups is 1. The molecule has 0 radical (unpaired) electrons. The highest BCUT2D eigenvalue weighted by Crippen LogP contribution is 2.00. The lowest BCUT2D eigenvalue weighted by Gasteiger charge is -2.33. The Morgan fingerprint density at radius 2 is 2.18 bits per heavy atom. The van der Waals surface area contributed by atoms with Crippen molar-refractivity contribution < 1.29 is 9.59 Å². The predicted octanol–water partition coefficient (Wildman–Crippen LogP) is -0.486. The third kappa shape index (κ3) is 5.14. The first-order chi connectivity index (χ1) is 7.99. The van der Waals surface area contributed by atoms with Crippen LogP contribution in [0, 0.1) is 0 Å². The second-order valence-electron chi connectivity index (χ2n) is 4.70. The van der Waals surface area contributed by atoms with Gasteiger partial charge in [-0.1, -0.05) is 0 Å². The molecule has 0 aromatic rings. The highest BCUT2D eigenvalue weighted by atomic mass is 16.2. The standard InChI is InChI=1S/C11H22N4O2/c1-8(2)13-11(17)14-10(16)7-15-5-4-12-6-9(15)3/h8-9,12H,4-7H2,1-3H3,(H2,13,14,16,17). The Morgan fingerprint density at radius 3 is 2.76 bits per heavy atom. The maximum atomic E-state index is 11.6. The lowest BCUT2D eigenvalue weighted by molar-refractivity contribution is -0.121. The SMILES string of the molecule is CC(C)NC(=O)NC(=O)CN1CCNCC1C. The van der Waals surface area contributed by atoms with Gasteiger partial charge in [0.2, 0.25) is 5.91 Å². The molecule has 0 saturated carbocycles. The van der Waals surface area contributed by atoms with E-state index in [0.29, 0.717) is 6.04 Å². The Kier molecular flexibility index (Phi) is 5.37. The maximum Gasteiger partial charge on any atom is 0.321 e. The average molecular weight is 242 g/mol. The van der Waals surface area contributed by atoms with Gasteiger partial charge in [0, 0.05) is 31.7 Å². The number of nitrogens with one attached hydrogen (secondary N) is 3. The van der Waals surface area contributed by atoms with Crippen LogP contribution in [-0.2, 0) is 4.79 Å². The van der Waals surface area contributed by atoms with Crippen LogP contribution in [0.1, 0.15) is 20.8 Å². The summed E-state index contributed by atoms with van der Waals surface area (Å²) in [6, 6.07) is -0.0728. The monoisotopic (exact) mass is 242 g/mol. The van der Waals surface area contributed by atoms with E-state index < -0.39 is 6.03 Å². The van der Waals surface area contributed by atoms with Gasteiger partial charge in [-0.15, -0.1) is 0 Å². The van der Waals surface area contributed by atoms with Crippen molar-refractivity contribution in [2.75, 3.05) is 26.2 Å². The molecule has 3 amide bonds. The minimum Gasteiger partial charge on any atom is -0.336 e. The topological polar surface area (TPSA) is 73.5 Å². The van der Waals surface area contributed by atoms with Crippen molar-refractivity contribution in [2.45, 2.75) is 32.9 Å². The van der Waals surface area contributed by atoms with Crippen molar-refractivity contribution in [3.63, 3.8) is 0 Å². The fourth-order valence-electron chi connectivity index (χ4n) is 1.77. The quantitative estimate of drug-likeness (QED) is 0.624. The van der Waals surface area contributed by atoms with E-state index in [-0.39, 0.29) is 18.5 Å². The van der Waals surface area contributed by atoms with Gasteiger partial charge in [0.15, 0.2) is 0 Å². The van der Waals surface area contributed by atoms with Gasteiger partial charge in [0.05, 0.1) is 6.54 Å². The fraction of sp³-hybridized carbons (Fsp3) is 0.818. The van der Waals surface area contributed by atoms with Crippen molar-refractivity contribution in [1.29, 1.82) is 0 Å². The number of carbonyl (C=O) groups is 2. The van der Waals surface area contributed by atoms with Gasteiger partial charge < -0.3 is 10.6 Å². The van der Waals surface area contributed by atoms with Crippen molar-refractivity contribution >= 4 is 11.9 Å². The second-order valence-corrected chi connectivity index (χ2v) is 4.70. The van der Waals surface area contributed by atoms with Gasteiger partial charge in [-0.3, -0.25) is 15.0 Å². The molecule has 0 aromatic heterocycles. The number of rotatable bonds is 3. The fourth-order valence-corrected chi connectivity index (χ4v) is 1.77. The van der Waals surface area contributed by atoms with E-state index in [1.54, 1.807) is 0 Å². The number of carbonyl (C=O) groups excluding carboxylic acids is 2. The van der Waals surface area contributed by atoms with Crippen LogP contribution in [0.5, 0.6) is 0 Å². The van der Waals surface area contributed by atoms with Crippen LogP contribution in [0.3, 0.4) is 0 Å². The van der Waals surface area contributed by atoms with Crippen LogP contribution >= 0.6 is 0 Å².